The van der Waals surface area contributed by atoms with Crippen molar-refractivity contribution in [1.82, 2.24) is 0 Å². The van der Waals surface area contributed by atoms with Gasteiger partial charge in [0.2, 0.25) is 11.8 Å². The third kappa shape index (κ3) is 2.76. The molecule has 0 radical (unpaired) electrons. The monoisotopic (exact) mass is 256 g/mol. The van der Waals surface area contributed by atoms with Crippen LogP contribution in [-0.2, 0) is 9.59 Å². The van der Waals surface area contributed by atoms with E-state index in [1.54, 1.807) is 4.90 Å². The lowest BCUT2D eigenvalue weighted by Gasteiger charge is -2.20. The van der Waals surface area contributed by atoms with Crippen LogP contribution in [0.5, 0.6) is 0 Å². The minimum atomic E-state index is -0.162. The van der Waals surface area contributed by atoms with E-state index in [4.69, 9.17) is 6.42 Å². The number of benzene rings is 1. The Hall–Kier alpha value is -2.28. The Morgan fingerprint density at radius 2 is 2.26 bits per heavy atom. The summed E-state index contributed by atoms with van der Waals surface area (Å²) < 4.78 is 0. The van der Waals surface area contributed by atoms with Gasteiger partial charge in [-0.25, -0.2) is 0 Å². The molecule has 1 aliphatic heterocycles. The van der Waals surface area contributed by atoms with Gasteiger partial charge in [0.05, 0.1) is 11.4 Å². The smallest absolute Gasteiger partial charge is 0.228 e. The van der Waals surface area contributed by atoms with Crippen molar-refractivity contribution in [3.63, 3.8) is 0 Å². The van der Waals surface area contributed by atoms with E-state index in [9.17, 15) is 9.59 Å². The lowest BCUT2D eigenvalue weighted by molar-refractivity contribution is -0.117. The van der Waals surface area contributed by atoms with Gasteiger partial charge in [-0.15, -0.1) is 12.3 Å². The van der Waals surface area contributed by atoms with Crippen LogP contribution in [-0.4, -0.2) is 18.4 Å². The fourth-order valence-corrected chi connectivity index (χ4v) is 2.21. The number of carbonyl (C=O) groups is 2. The van der Waals surface area contributed by atoms with Gasteiger partial charge in [0.15, 0.2) is 0 Å². The van der Waals surface area contributed by atoms with E-state index in [1.807, 2.05) is 25.1 Å². The maximum atomic E-state index is 12.0. The van der Waals surface area contributed by atoms with Gasteiger partial charge in [0.25, 0.3) is 0 Å². The zero-order valence-electron chi connectivity index (χ0n) is 11.1. The molecule has 1 aliphatic rings. The summed E-state index contributed by atoms with van der Waals surface area (Å²) in [6.07, 6.45) is 5.75. The number of anilines is 2. The standard InChI is InChI=1S/C15H16N2O2/c1-4-12-8-15(19)17(9-12)14-7-10(2)5-6-13(14)16-11(3)18/h1,5-7,12H,8-9H2,2-3H3,(H,16,18). The van der Waals surface area contributed by atoms with Crippen molar-refractivity contribution in [2.75, 3.05) is 16.8 Å². The molecule has 4 heteroatoms. The molecule has 1 aromatic rings. The molecule has 0 aliphatic carbocycles. The van der Waals surface area contributed by atoms with Gasteiger partial charge in [0.1, 0.15) is 0 Å². The first-order valence-electron chi connectivity index (χ1n) is 6.16. The number of nitrogens with one attached hydrogen (secondary N) is 1. The average Bonchev–Trinajstić information content (AvgIpc) is 2.72. The van der Waals surface area contributed by atoms with Crippen LogP contribution in [0.1, 0.15) is 18.9 Å². The Bertz CT molecular complexity index is 572. The molecule has 4 nitrogen and oxygen atoms in total. The molecule has 1 N–H and O–H groups in total. The number of carbonyl (C=O) groups excluding carboxylic acids is 2. The van der Waals surface area contributed by atoms with Gasteiger partial charge in [-0.3, -0.25) is 9.59 Å². The van der Waals surface area contributed by atoms with E-state index >= 15 is 0 Å². The lowest BCUT2D eigenvalue weighted by atomic mass is 10.1. The van der Waals surface area contributed by atoms with Gasteiger partial charge in [-0.2, -0.15) is 0 Å². The molecule has 1 aromatic carbocycles. The first-order chi connectivity index (χ1) is 9.01. The van der Waals surface area contributed by atoms with E-state index < -0.39 is 0 Å². The average molecular weight is 256 g/mol. The van der Waals surface area contributed by atoms with Crippen LogP contribution in [0.15, 0.2) is 18.2 Å². The summed E-state index contributed by atoms with van der Waals surface area (Å²) in [6, 6.07) is 5.60. The highest BCUT2D eigenvalue weighted by molar-refractivity contribution is 6.02. The largest absolute Gasteiger partial charge is 0.325 e. The zero-order valence-corrected chi connectivity index (χ0v) is 11.1. The van der Waals surface area contributed by atoms with E-state index in [1.165, 1.54) is 6.92 Å². The molecule has 2 rings (SSSR count). The van der Waals surface area contributed by atoms with Crippen molar-refractivity contribution in [2.45, 2.75) is 20.3 Å². The summed E-state index contributed by atoms with van der Waals surface area (Å²) in [7, 11) is 0. The zero-order chi connectivity index (χ0) is 14.0. The van der Waals surface area contributed by atoms with Crippen molar-refractivity contribution >= 4 is 23.2 Å². The van der Waals surface area contributed by atoms with E-state index in [2.05, 4.69) is 11.2 Å². The Kier molecular flexibility index (Phi) is 3.57. The molecule has 19 heavy (non-hydrogen) atoms. The molecule has 1 saturated heterocycles. The first kappa shape index (κ1) is 13.2. The molecule has 1 unspecified atom stereocenters. The van der Waals surface area contributed by atoms with Crippen molar-refractivity contribution in [3.8, 4) is 12.3 Å². The van der Waals surface area contributed by atoms with Crippen molar-refractivity contribution in [3.05, 3.63) is 23.8 Å². The van der Waals surface area contributed by atoms with Crippen LogP contribution in [0.4, 0.5) is 11.4 Å². The second-order valence-electron chi connectivity index (χ2n) is 4.77. The van der Waals surface area contributed by atoms with Crippen molar-refractivity contribution in [2.24, 2.45) is 5.92 Å². The molecule has 2 amide bonds. The molecule has 1 fully saturated rings. The Balaban J connectivity index is 2.38. The maximum Gasteiger partial charge on any atom is 0.228 e. The quantitative estimate of drug-likeness (QED) is 0.822. The van der Waals surface area contributed by atoms with Gasteiger partial charge in [-0.05, 0) is 24.6 Å². The summed E-state index contributed by atoms with van der Waals surface area (Å²) in [5.74, 6) is 2.40. The third-order valence-electron chi connectivity index (χ3n) is 3.12. The topological polar surface area (TPSA) is 49.4 Å². The molecular formula is C15H16N2O2. The minimum Gasteiger partial charge on any atom is -0.325 e. The summed E-state index contributed by atoms with van der Waals surface area (Å²) in [6.45, 7) is 3.89. The SMILES string of the molecule is C#CC1CC(=O)N(c2cc(C)ccc2NC(C)=O)C1. The second-order valence-corrected chi connectivity index (χ2v) is 4.77. The Morgan fingerprint density at radius 3 is 2.84 bits per heavy atom. The molecular weight excluding hydrogens is 240 g/mol. The van der Waals surface area contributed by atoms with E-state index in [0.29, 0.717) is 18.7 Å². The summed E-state index contributed by atoms with van der Waals surface area (Å²) in [5.41, 5.74) is 2.39. The number of terminal acetylenes is 1. The molecule has 1 atom stereocenters. The number of hydrogen-bond donors (Lipinski definition) is 1. The van der Waals surface area contributed by atoms with Crippen LogP contribution >= 0.6 is 0 Å². The van der Waals surface area contributed by atoms with Gasteiger partial charge in [0, 0.05) is 25.8 Å². The second kappa shape index (κ2) is 5.15. The van der Waals surface area contributed by atoms with Crippen LogP contribution in [0, 0.1) is 25.2 Å². The molecule has 0 spiro atoms. The van der Waals surface area contributed by atoms with Crippen LogP contribution in [0.3, 0.4) is 0 Å². The lowest BCUT2D eigenvalue weighted by Crippen LogP contribution is -2.26. The Labute approximate surface area is 112 Å². The van der Waals surface area contributed by atoms with Crippen molar-refractivity contribution in [1.29, 1.82) is 0 Å². The van der Waals surface area contributed by atoms with Crippen molar-refractivity contribution < 1.29 is 9.59 Å². The van der Waals surface area contributed by atoms with Crippen LogP contribution < -0.4 is 10.2 Å². The third-order valence-corrected chi connectivity index (χ3v) is 3.12. The summed E-state index contributed by atoms with van der Waals surface area (Å²) in [5, 5.41) is 2.75. The van der Waals surface area contributed by atoms with Crippen LogP contribution in [0.25, 0.3) is 0 Å². The molecule has 1 heterocycles. The number of hydrogen-bond acceptors (Lipinski definition) is 2. The summed E-state index contributed by atoms with van der Waals surface area (Å²) >= 11 is 0. The summed E-state index contributed by atoms with van der Waals surface area (Å²) in [4.78, 5) is 24.9. The highest BCUT2D eigenvalue weighted by Crippen LogP contribution is 2.32. The van der Waals surface area contributed by atoms with Gasteiger partial charge >= 0.3 is 0 Å². The maximum absolute atomic E-state index is 12.0. The highest BCUT2D eigenvalue weighted by Gasteiger charge is 2.30. The fourth-order valence-electron chi connectivity index (χ4n) is 2.21. The first-order valence-corrected chi connectivity index (χ1v) is 6.16. The normalized spacial score (nSPS) is 18.3. The number of aryl methyl sites for hydroxylation is 1. The molecule has 0 aromatic heterocycles. The predicted molar refractivity (Wildman–Crippen MR) is 74.8 cm³/mol. The van der Waals surface area contributed by atoms with Crippen LogP contribution in [0.2, 0.25) is 0 Å². The minimum absolute atomic E-state index is 0.000141. The molecule has 0 bridgehead atoms. The van der Waals surface area contributed by atoms with E-state index in [0.717, 1.165) is 11.3 Å². The van der Waals surface area contributed by atoms with E-state index in [-0.39, 0.29) is 17.7 Å². The molecule has 98 valence electrons. The predicted octanol–water partition coefficient (Wildman–Crippen LogP) is 1.94. The number of rotatable bonds is 2. The highest BCUT2D eigenvalue weighted by atomic mass is 16.2. The van der Waals surface area contributed by atoms with Gasteiger partial charge in [-0.1, -0.05) is 6.07 Å². The molecule has 0 saturated carbocycles. The number of nitrogens with zero attached hydrogens (tertiary/aromatic N) is 1. The van der Waals surface area contributed by atoms with Gasteiger partial charge < -0.3 is 10.2 Å². The Morgan fingerprint density at radius 1 is 1.53 bits per heavy atom. The number of amides is 2. The fraction of sp³-hybridized carbons (Fsp3) is 0.333.